The zero-order valence-corrected chi connectivity index (χ0v) is 21.8. The predicted octanol–water partition coefficient (Wildman–Crippen LogP) is 5.56. The normalized spacial score (nSPS) is 10.9. The summed E-state index contributed by atoms with van der Waals surface area (Å²) in [4.78, 5) is 12.7. The van der Waals surface area contributed by atoms with Crippen LogP contribution in [0, 0.1) is 0 Å². The summed E-state index contributed by atoms with van der Waals surface area (Å²) in [6, 6.07) is 14.7. The molecule has 0 saturated carbocycles. The molecule has 0 atom stereocenters. The Kier molecular flexibility index (Phi) is 9.43. The summed E-state index contributed by atoms with van der Waals surface area (Å²) in [5.74, 6) is 2.93. The molecule has 3 aromatic rings. The molecule has 8 nitrogen and oxygen atoms in total. The average molecular weight is 506 g/mol. The number of benzene rings is 3. The zero-order valence-electron chi connectivity index (χ0n) is 21.8. The molecule has 194 valence electrons. The highest BCUT2D eigenvalue weighted by molar-refractivity contribution is 6.03. The van der Waals surface area contributed by atoms with E-state index in [-0.39, 0.29) is 5.91 Å². The van der Waals surface area contributed by atoms with Crippen molar-refractivity contribution < 1.29 is 33.2 Å². The predicted molar refractivity (Wildman–Crippen MR) is 145 cm³/mol. The molecule has 8 heteroatoms. The number of carbonyl (C=O) groups excluding carboxylic acids is 1. The summed E-state index contributed by atoms with van der Waals surface area (Å²) in [7, 11) is 9.36. The van der Waals surface area contributed by atoms with Crippen molar-refractivity contribution in [1.29, 1.82) is 0 Å². The third-order valence-corrected chi connectivity index (χ3v) is 5.46. The summed E-state index contributed by atoms with van der Waals surface area (Å²) in [6.07, 6.45) is 6.94. The second kappa shape index (κ2) is 12.9. The van der Waals surface area contributed by atoms with E-state index in [1.807, 2.05) is 54.6 Å². The molecule has 0 heterocycles. The quantitative estimate of drug-likeness (QED) is 0.270. The number of rotatable bonds is 11. The minimum absolute atomic E-state index is 0.318. The molecule has 3 aromatic carbocycles. The first-order valence-corrected chi connectivity index (χ1v) is 11.3. The highest BCUT2D eigenvalue weighted by atomic mass is 16.5. The molecule has 3 rings (SSSR count). The molecule has 0 saturated heterocycles. The van der Waals surface area contributed by atoms with Gasteiger partial charge in [0.25, 0.3) is 0 Å². The number of carbonyl (C=O) groups is 1. The smallest absolute Gasteiger partial charge is 0.248 e. The monoisotopic (exact) mass is 505 g/mol. The third kappa shape index (κ3) is 6.76. The van der Waals surface area contributed by atoms with Gasteiger partial charge in [0.2, 0.25) is 11.7 Å². The van der Waals surface area contributed by atoms with E-state index in [0.717, 1.165) is 22.4 Å². The van der Waals surface area contributed by atoms with E-state index in [9.17, 15) is 4.79 Å². The average Bonchev–Trinajstić information content (AvgIpc) is 2.94. The van der Waals surface area contributed by atoms with Crippen LogP contribution in [0.25, 0.3) is 18.2 Å². The maximum absolute atomic E-state index is 12.7. The molecule has 0 spiro atoms. The number of ether oxygens (including phenoxy) is 6. The van der Waals surface area contributed by atoms with Crippen molar-refractivity contribution in [3.8, 4) is 34.5 Å². The van der Waals surface area contributed by atoms with Crippen LogP contribution in [0.1, 0.15) is 16.7 Å². The van der Waals surface area contributed by atoms with Gasteiger partial charge >= 0.3 is 0 Å². The van der Waals surface area contributed by atoms with Gasteiger partial charge in [-0.15, -0.1) is 0 Å². The Bertz CT molecular complexity index is 1260. The maximum atomic E-state index is 12.7. The van der Waals surface area contributed by atoms with Crippen LogP contribution in [0.5, 0.6) is 34.5 Å². The first kappa shape index (κ1) is 27.0. The molecule has 37 heavy (non-hydrogen) atoms. The molecule has 0 aromatic heterocycles. The number of nitrogens with one attached hydrogen (secondary N) is 1. The lowest BCUT2D eigenvalue weighted by Gasteiger charge is -2.14. The Labute approximate surface area is 217 Å². The van der Waals surface area contributed by atoms with Gasteiger partial charge in [0.05, 0.1) is 48.3 Å². The van der Waals surface area contributed by atoms with Gasteiger partial charge in [-0.05, 0) is 59.2 Å². The minimum Gasteiger partial charge on any atom is -0.497 e. The van der Waals surface area contributed by atoms with Gasteiger partial charge in [0, 0.05) is 6.08 Å². The minimum atomic E-state index is -0.318. The van der Waals surface area contributed by atoms with Crippen LogP contribution in [0.4, 0.5) is 5.69 Å². The van der Waals surface area contributed by atoms with Crippen LogP contribution in [0.2, 0.25) is 0 Å². The van der Waals surface area contributed by atoms with Crippen molar-refractivity contribution >= 4 is 29.8 Å². The Morgan fingerprint density at radius 3 is 1.59 bits per heavy atom. The lowest BCUT2D eigenvalue weighted by molar-refractivity contribution is -0.111. The number of anilines is 1. The largest absolute Gasteiger partial charge is 0.497 e. The Hall–Kier alpha value is -4.59. The van der Waals surface area contributed by atoms with Gasteiger partial charge in [-0.2, -0.15) is 0 Å². The van der Waals surface area contributed by atoms with E-state index in [2.05, 4.69) is 5.32 Å². The fourth-order valence-corrected chi connectivity index (χ4v) is 3.63. The zero-order chi connectivity index (χ0) is 26.8. The molecule has 0 fully saturated rings. The van der Waals surface area contributed by atoms with E-state index >= 15 is 0 Å². The van der Waals surface area contributed by atoms with Crippen molar-refractivity contribution in [3.05, 3.63) is 71.3 Å². The molecule has 0 bridgehead atoms. The standard InChI is InChI=1S/C29H31NO7/c1-32-22-12-9-19(10-13-22)11-14-27(31)30-23-15-20(16-24(33-2)28(23)36-5)7-8-21-17-25(34-3)29(37-6)26(18-21)35-4/h7-18H,1-6H3,(H,30,31)/b8-7?,14-11+. The van der Waals surface area contributed by atoms with Crippen molar-refractivity contribution in [2.45, 2.75) is 0 Å². The first-order chi connectivity index (χ1) is 18.0. The topological polar surface area (TPSA) is 84.5 Å². The fourth-order valence-electron chi connectivity index (χ4n) is 3.63. The van der Waals surface area contributed by atoms with Crippen LogP contribution < -0.4 is 33.7 Å². The van der Waals surface area contributed by atoms with E-state index in [4.69, 9.17) is 28.4 Å². The molecule has 0 unspecified atom stereocenters. The lowest BCUT2D eigenvalue weighted by atomic mass is 10.1. The van der Waals surface area contributed by atoms with Gasteiger partial charge in [-0.3, -0.25) is 4.79 Å². The van der Waals surface area contributed by atoms with Crippen LogP contribution in [-0.4, -0.2) is 48.6 Å². The lowest BCUT2D eigenvalue weighted by Crippen LogP contribution is -2.09. The van der Waals surface area contributed by atoms with Gasteiger partial charge in [-0.25, -0.2) is 0 Å². The Balaban J connectivity index is 1.88. The van der Waals surface area contributed by atoms with E-state index in [0.29, 0.717) is 34.4 Å². The summed E-state index contributed by atoms with van der Waals surface area (Å²) in [5.41, 5.74) is 2.94. The molecule has 0 radical (unpaired) electrons. The molecule has 1 amide bonds. The molecule has 1 N–H and O–H groups in total. The summed E-state index contributed by atoms with van der Waals surface area (Å²) < 4.78 is 32.4. The number of methoxy groups -OCH3 is 6. The Morgan fingerprint density at radius 2 is 1.11 bits per heavy atom. The fraction of sp³-hybridized carbons (Fsp3) is 0.207. The van der Waals surface area contributed by atoms with Crippen LogP contribution in [0.3, 0.4) is 0 Å². The van der Waals surface area contributed by atoms with E-state index in [1.165, 1.54) is 13.2 Å². The van der Waals surface area contributed by atoms with Gasteiger partial charge < -0.3 is 33.7 Å². The maximum Gasteiger partial charge on any atom is 0.248 e. The molecule has 0 aliphatic carbocycles. The van der Waals surface area contributed by atoms with Crippen molar-refractivity contribution in [2.75, 3.05) is 48.0 Å². The van der Waals surface area contributed by atoms with E-state index < -0.39 is 0 Å². The first-order valence-electron chi connectivity index (χ1n) is 11.3. The highest BCUT2D eigenvalue weighted by Gasteiger charge is 2.15. The number of amides is 1. The molecule has 0 aliphatic heterocycles. The van der Waals surface area contributed by atoms with Crippen molar-refractivity contribution in [1.82, 2.24) is 0 Å². The Morgan fingerprint density at radius 1 is 0.595 bits per heavy atom. The van der Waals surface area contributed by atoms with Gasteiger partial charge in [0.15, 0.2) is 23.0 Å². The number of hydrogen-bond acceptors (Lipinski definition) is 7. The van der Waals surface area contributed by atoms with Crippen LogP contribution in [-0.2, 0) is 4.79 Å². The number of hydrogen-bond donors (Lipinski definition) is 1. The van der Waals surface area contributed by atoms with Crippen LogP contribution >= 0.6 is 0 Å². The molecule has 0 aliphatic rings. The molecular weight excluding hydrogens is 474 g/mol. The SMILES string of the molecule is COc1ccc(/C=C/C(=O)Nc2cc(C=Cc3cc(OC)c(OC)c(OC)c3)cc(OC)c2OC)cc1. The summed E-state index contributed by atoms with van der Waals surface area (Å²) >= 11 is 0. The van der Waals surface area contributed by atoms with Crippen LogP contribution in [0.15, 0.2) is 54.6 Å². The van der Waals surface area contributed by atoms with Gasteiger partial charge in [-0.1, -0.05) is 24.3 Å². The summed E-state index contributed by atoms with van der Waals surface area (Å²) in [5, 5.41) is 2.87. The van der Waals surface area contributed by atoms with Gasteiger partial charge in [0.1, 0.15) is 5.75 Å². The van der Waals surface area contributed by atoms with Crippen molar-refractivity contribution in [2.24, 2.45) is 0 Å². The summed E-state index contributed by atoms with van der Waals surface area (Å²) in [6.45, 7) is 0. The molecular formula is C29H31NO7. The van der Waals surface area contributed by atoms with Crippen molar-refractivity contribution in [3.63, 3.8) is 0 Å². The second-order valence-electron chi connectivity index (χ2n) is 7.69. The second-order valence-corrected chi connectivity index (χ2v) is 7.69. The van der Waals surface area contributed by atoms with E-state index in [1.54, 1.807) is 47.7 Å². The highest BCUT2D eigenvalue weighted by Crippen LogP contribution is 2.40. The third-order valence-electron chi connectivity index (χ3n) is 5.46.